The van der Waals surface area contributed by atoms with Crippen LogP contribution in [0.4, 0.5) is 5.69 Å². The minimum atomic E-state index is 0.478. The number of hydrogen-bond acceptors (Lipinski definition) is 3. The van der Waals surface area contributed by atoms with Gasteiger partial charge in [-0.25, -0.2) is 0 Å². The summed E-state index contributed by atoms with van der Waals surface area (Å²) in [5, 5.41) is 6.97. The van der Waals surface area contributed by atoms with Crippen molar-refractivity contribution in [3.8, 4) is 0 Å². The summed E-state index contributed by atoms with van der Waals surface area (Å²) < 4.78 is 0. The zero-order valence-electron chi connectivity index (χ0n) is 22.6. The van der Waals surface area contributed by atoms with Gasteiger partial charge in [-0.1, -0.05) is 50.8 Å². The number of aliphatic imine (C=N–C) groups is 1. The van der Waals surface area contributed by atoms with Gasteiger partial charge in [-0.2, -0.15) is 0 Å². The van der Waals surface area contributed by atoms with Gasteiger partial charge in [-0.05, 0) is 115 Å². The predicted molar refractivity (Wildman–Crippen MR) is 157 cm³/mol. The molecule has 0 bridgehead atoms. The van der Waals surface area contributed by atoms with Crippen LogP contribution in [0.15, 0.2) is 89.1 Å². The Hall–Kier alpha value is -3.59. The maximum Gasteiger partial charge on any atom is 0.0606 e. The van der Waals surface area contributed by atoms with E-state index in [9.17, 15) is 0 Å². The van der Waals surface area contributed by atoms with Crippen molar-refractivity contribution in [1.29, 1.82) is 0 Å². The molecule has 2 aromatic rings. The van der Waals surface area contributed by atoms with Gasteiger partial charge in [0, 0.05) is 30.0 Å². The number of nitrogens with zero attached hydrogens (tertiary/aromatic N) is 1. The summed E-state index contributed by atoms with van der Waals surface area (Å²) in [6.07, 6.45) is 9.69. The fourth-order valence-corrected chi connectivity index (χ4v) is 5.00. The third-order valence-electron chi connectivity index (χ3n) is 6.75. The molecule has 2 N–H and O–H groups in total. The van der Waals surface area contributed by atoms with Crippen LogP contribution < -0.4 is 10.6 Å². The Morgan fingerprint density at radius 3 is 2.58 bits per heavy atom. The van der Waals surface area contributed by atoms with Gasteiger partial charge in [0.1, 0.15) is 0 Å². The molecule has 2 aliphatic rings. The van der Waals surface area contributed by atoms with Crippen LogP contribution >= 0.6 is 0 Å². The highest BCUT2D eigenvalue weighted by Gasteiger charge is 2.28. The molecule has 0 atom stereocenters. The van der Waals surface area contributed by atoms with Crippen molar-refractivity contribution in [2.24, 2.45) is 10.9 Å². The second-order valence-electron chi connectivity index (χ2n) is 9.95. The monoisotopic (exact) mass is 477 g/mol. The van der Waals surface area contributed by atoms with Gasteiger partial charge in [0.15, 0.2) is 0 Å². The molecule has 3 nitrogen and oxygen atoms in total. The van der Waals surface area contributed by atoms with Crippen LogP contribution in [0.5, 0.6) is 0 Å². The third kappa shape index (κ3) is 5.16. The number of rotatable bonds is 8. The topological polar surface area (TPSA) is 36.4 Å². The van der Waals surface area contributed by atoms with Crippen LogP contribution in [0.25, 0.3) is 11.3 Å². The minimum absolute atomic E-state index is 0.478. The van der Waals surface area contributed by atoms with Crippen molar-refractivity contribution in [1.82, 2.24) is 5.32 Å². The molecule has 0 fully saturated rings. The Bertz CT molecular complexity index is 1330. The summed E-state index contributed by atoms with van der Waals surface area (Å²) in [5.41, 5.74) is 14.6. The number of benzene rings is 2. The Kier molecular flexibility index (Phi) is 7.79. The molecule has 0 unspecified atom stereocenters. The Balaban J connectivity index is 1.95. The van der Waals surface area contributed by atoms with Gasteiger partial charge < -0.3 is 10.6 Å². The van der Waals surface area contributed by atoms with Crippen LogP contribution in [0.2, 0.25) is 0 Å². The first-order chi connectivity index (χ1) is 17.3. The lowest BCUT2D eigenvalue weighted by Gasteiger charge is -2.30. The summed E-state index contributed by atoms with van der Waals surface area (Å²) >= 11 is 0. The summed E-state index contributed by atoms with van der Waals surface area (Å²) in [7, 11) is 0. The molecule has 0 saturated carbocycles. The minimum Gasteiger partial charge on any atom is -0.385 e. The van der Waals surface area contributed by atoms with Gasteiger partial charge in [0.25, 0.3) is 0 Å². The molecular formula is C33H39N3. The van der Waals surface area contributed by atoms with Crippen molar-refractivity contribution in [2.45, 2.75) is 48.0 Å². The molecule has 0 aromatic heterocycles. The van der Waals surface area contributed by atoms with Gasteiger partial charge in [0.2, 0.25) is 0 Å². The van der Waals surface area contributed by atoms with Crippen molar-refractivity contribution >= 4 is 22.7 Å². The molecule has 0 aliphatic heterocycles. The smallest absolute Gasteiger partial charge is 0.0606 e. The Morgan fingerprint density at radius 2 is 1.86 bits per heavy atom. The van der Waals surface area contributed by atoms with Crippen LogP contribution in [0, 0.1) is 12.8 Å². The fourth-order valence-electron chi connectivity index (χ4n) is 5.00. The van der Waals surface area contributed by atoms with E-state index in [2.05, 4.69) is 113 Å². The first kappa shape index (κ1) is 25.5. The van der Waals surface area contributed by atoms with E-state index in [-0.39, 0.29) is 0 Å². The molecule has 4 rings (SSSR count). The number of anilines is 1. The number of hydrogen-bond donors (Lipinski definition) is 2. The van der Waals surface area contributed by atoms with Crippen LogP contribution in [-0.4, -0.2) is 18.8 Å². The summed E-state index contributed by atoms with van der Waals surface area (Å²) in [5.74, 6) is 0.478. The van der Waals surface area contributed by atoms with Crippen LogP contribution in [-0.2, 0) is 6.42 Å². The number of allylic oxidation sites excluding steroid dienone is 6. The number of fused-ring (bicyclic) bond motifs is 2. The number of nitrogens with one attached hydrogen (secondary N) is 2. The average Bonchev–Trinajstić information content (AvgIpc) is 2.84. The molecule has 186 valence electrons. The molecule has 36 heavy (non-hydrogen) atoms. The summed E-state index contributed by atoms with van der Waals surface area (Å²) in [6, 6.07) is 13.3. The molecule has 0 amide bonds. The zero-order valence-corrected chi connectivity index (χ0v) is 22.6. The van der Waals surface area contributed by atoms with E-state index in [4.69, 9.17) is 4.99 Å². The van der Waals surface area contributed by atoms with Crippen molar-refractivity contribution in [3.63, 3.8) is 0 Å². The SMILES string of the molecule is C=C(N/C=C\C(C)C)c1ccccc1C1=C2C=C(C)/C(=N/CC)C=C2Cc2cc(NCC)c(C)cc21. The standard InChI is InChI=1S/C33H39N3/c1-8-34-31-19-25-18-26-20-32(35-9-2)23(6)17-30(26)33(29(25)16-22(31)5)28-13-11-10-12-27(28)24(7)36-15-14-21(3)4/h10-17,19-21,34,36H,7-9,18H2,1-6H3/b15-14-,35-32+. The van der Waals surface area contributed by atoms with E-state index in [1.54, 1.807) is 0 Å². The van der Waals surface area contributed by atoms with Gasteiger partial charge in [-0.3, -0.25) is 4.99 Å². The van der Waals surface area contributed by atoms with Crippen LogP contribution in [0.3, 0.4) is 0 Å². The lowest BCUT2D eigenvalue weighted by molar-refractivity contribution is 0.825. The largest absolute Gasteiger partial charge is 0.385 e. The van der Waals surface area contributed by atoms with Gasteiger partial charge >= 0.3 is 0 Å². The normalized spacial score (nSPS) is 16.1. The van der Waals surface area contributed by atoms with E-state index in [0.29, 0.717) is 5.92 Å². The van der Waals surface area contributed by atoms with Crippen molar-refractivity contribution in [2.75, 3.05) is 18.4 Å². The maximum atomic E-state index is 4.77. The first-order valence-electron chi connectivity index (χ1n) is 13.1. The van der Waals surface area contributed by atoms with E-state index in [1.165, 1.54) is 50.2 Å². The quantitative estimate of drug-likeness (QED) is 0.406. The Morgan fingerprint density at radius 1 is 1.08 bits per heavy atom. The first-order valence-corrected chi connectivity index (χ1v) is 13.1. The summed E-state index contributed by atoms with van der Waals surface area (Å²) in [6.45, 7) is 19.1. The third-order valence-corrected chi connectivity index (χ3v) is 6.75. The predicted octanol–water partition coefficient (Wildman–Crippen LogP) is 7.86. The molecule has 3 heteroatoms. The van der Waals surface area contributed by atoms with E-state index < -0.39 is 0 Å². The Labute approximate surface area is 217 Å². The second-order valence-corrected chi connectivity index (χ2v) is 9.95. The lowest BCUT2D eigenvalue weighted by atomic mass is 9.75. The van der Waals surface area contributed by atoms with E-state index in [1.807, 2.05) is 6.20 Å². The van der Waals surface area contributed by atoms with Crippen molar-refractivity contribution in [3.05, 3.63) is 112 Å². The molecular weight excluding hydrogens is 438 g/mol. The molecule has 0 saturated heterocycles. The average molecular weight is 478 g/mol. The molecule has 0 heterocycles. The molecule has 0 spiro atoms. The maximum absolute atomic E-state index is 4.77. The summed E-state index contributed by atoms with van der Waals surface area (Å²) in [4.78, 5) is 4.77. The molecule has 0 radical (unpaired) electrons. The van der Waals surface area contributed by atoms with Gasteiger partial charge in [-0.15, -0.1) is 0 Å². The highest BCUT2D eigenvalue weighted by atomic mass is 14.9. The van der Waals surface area contributed by atoms with Crippen molar-refractivity contribution < 1.29 is 0 Å². The highest BCUT2D eigenvalue weighted by Crippen LogP contribution is 2.44. The molecule has 2 aliphatic carbocycles. The zero-order chi connectivity index (χ0) is 25.8. The highest BCUT2D eigenvalue weighted by molar-refractivity contribution is 6.12. The van der Waals surface area contributed by atoms with Gasteiger partial charge in [0.05, 0.1) is 5.71 Å². The van der Waals surface area contributed by atoms with E-state index >= 15 is 0 Å². The number of aryl methyl sites for hydroxylation is 1. The second kappa shape index (κ2) is 11.0. The lowest BCUT2D eigenvalue weighted by Crippen LogP contribution is -2.16. The van der Waals surface area contributed by atoms with Crippen LogP contribution in [0.1, 0.15) is 62.4 Å². The van der Waals surface area contributed by atoms with E-state index in [0.717, 1.165) is 36.5 Å². The fraction of sp³-hybridized carbons (Fsp3) is 0.303. The molecule has 2 aromatic carbocycles.